The first kappa shape index (κ1) is 34.8. The number of thiazole rings is 1. The van der Waals surface area contributed by atoms with E-state index in [1.807, 2.05) is 30.3 Å². The first-order chi connectivity index (χ1) is 19.6. The highest BCUT2D eigenvalue weighted by Crippen LogP contribution is 2.30. The first-order valence-electron chi connectivity index (χ1n) is 15.2. The molecule has 3 aromatic rings. The summed E-state index contributed by atoms with van der Waals surface area (Å²) in [4.78, 5) is 14.4. The van der Waals surface area contributed by atoms with Gasteiger partial charge >= 0.3 is 0 Å². The third kappa shape index (κ3) is 13.0. The van der Waals surface area contributed by atoms with Gasteiger partial charge < -0.3 is 31.4 Å². The van der Waals surface area contributed by atoms with E-state index in [0.29, 0.717) is 13.2 Å². The fraction of sp³-hybridized carbons (Fsp3) is 0.529. The van der Waals surface area contributed by atoms with Crippen LogP contribution in [0.2, 0.25) is 0 Å². The summed E-state index contributed by atoms with van der Waals surface area (Å²) in [5, 5.41) is 2.07. The molecule has 0 unspecified atom stereocenters. The van der Waals surface area contributed by atoms with Gasteiger partial charge in [0.05, 0.1) is 25.6 Å². The van der Waals surface area contributed by atoms with E-state index in [1.54, 1.807) is 30.3 Å². The highest BCUT2D eigenvalue weighted by molar-refractivity contribution is 7.07. The zero-order chi connectivity index (χ0) is 28.4. The molecule has 1 aromatic heterocycles. The summed E-state index contributed by atoms with van der Waals surface area (Å²) < 4.78 is 13.8. The zero-order valence-corrected chi connectivity index (χ0v) is 27.7. The van der Waals surface area contributed by atoms with Crippen LogP contribution in [0.15, 0.2) is 59.6 Å². The Morgan fingerprint density at radius 2 is 1.44 bits per heavy atom. The molecule has 1 heterocycles. The van der Waals surface area contributed by atoms with Crippen LogP contribution in [0.4, 0.5) is 5.69 Å². The van der Waals surface area contributed by atoms with Gasteiger partial charge in [-0.15, -0.1) is 0 Å². The number of nitrogens with zero attached hydrogens (tertiary/aromatic N) is 2. The SMILES string of the molecule is CCCCCCCCCCCCCCOc1cc(CN(C(C)=O)c2ccc(C[n+]3ccsc3)cc2)ccc1OC.[Br-]. The highest BCUT2D eigenvalue weighted by atomic mass is 79.9. The van der Waals surface area contributed by atoms with Crippen LogP contribution in [0.1, 0.15) is 102 Å². The van der Waals surface area contributed by atoms with Gasteiger partial charge in [-0.3, -0.25) is 4.79 Å². The second-order valence-corrected chi connectivity index (χ2v) is 11.4. The monoisotopic (exact) mass is 644 g/mol. The molecule has 0 N–H and O–H groups in total. The molecule has 0 saturated carbocycles. The number of methoxy groups -OCH3 is 1. The van der Waals surface area contributed by atoms with E-state index in [9.17, 15) is 4.79 Å². The molecule has 2 aromatic carbocycles. The Hall–Kier alpha value is -2.38. The van der Waals surface area contributed by atoms with Gasteiger partial charge in [-0.05, 0) is 36.2 Å². The molecular formula is C34H49BrN2O3S. The lowest BCUT2D eigenvalue weighted by Gasteiger charge is -2.22. The molecule has 0 bridgehead atoms. The van der Waals surface area contributed by atoms with Gasteiger partial charge in [0, 0.05) is 18.2 Å². The van der Waals surface area contributed by atoms with Crippen molar-refractivity contribution in [1.82, 2.24) is 0 Å². The van der Waals surface area contributed by atoms with Crippen LogP contribution in [0.3, 0.4) is 0 Å². The maximum absolute atomic E-state index is 12.6. The van der Waals surface area contributed by atoms with Crippen LogP contribution in [0, 0.1) is 0 Å². The number of unbranched alkanes of at least 4 members (excludes halogenated alkanes) is 11. The van der Waals surface area contributed by atoms with Crippen molar-refractivity contribution in [2.45, 2.75) is 104 Å². The minimum absolute atomic E-state index is 0. The lowest BCUT2D eigenvalue weighted by Crippen LogP contribution is -3.00. The summed E-state index contributed by atoms with van der Waals surface area (Å²) >= 11 is 1.68. The van der Waals surface area contributed by atoms with Crippen LogP contribution < -0.4 is 35.9 Å². The van der Waals surface area contributed by atoms with Crippen molar-refractivity contribution in [3.8, 4) is 11.5 Å². The number of carbonyl (C=O) groups excluding carboxylic acids is 1. The number of halogens is 1. The number of ether oxygens (including phenoxy) is 2. The summed E-state index contributed by atoms with van der Waals surface area (Å²) in [5.41, 5.74) is 5.20. The maximum Gasteiger partial charge on any atom is 0.224 e. The number of aromatic nitrogens is 1. The molecule has 226 valence electrons. The van der Waals surface area contributed by atoms with Crippen LogP contribution in [-0.2, 0) is 17.9 Å². The number of hydrogen-bond donors (Lipinski definition) is 0. The minimum Gasteiger partial charge on any atom is -1.00 e. The van der Waals surface area contributed by atoms with Crippen molar-refractivity contribution >= 4 is 22.9 Å². The molecule has 3 rings (SSSR count). The highest BCUT2D eigenvalue weighted by Gasteiger charge is 2.15. The van der Waals surface area contributed by atoms with Gasteiger partial charge in [0.15, 0.2) is 24.2 Å². The Labute approximate surface area is 262 Å². The van der Waals surface area contributed by atoms with Crippen molar-refractivity contribution in [2.24, 2.45) is 0 Å². The van der Waals surface area contributed by atoms with E-state index in [2.05, 4.69) is 40.7 Å². The van der Waals surface area contributed by atoms with E-state index >= 15 is 0 Å². The number of carbonyl (C=O) groups is 1. The van der Waals surface area contributed by atoms with Crippen LogP contribution in [0.5, 0.6) is 11.5 Å². The van der Waals surface area contributed by atoms with E-state index in [0.717, 1.165) is 35.7 Å². The van der Waals surface area contributed by atoms with E-state index in [1.165, 1.54) is 76.2 Å². The van der Waals surface area contributed by atoms with Gasteiger partial charge in [0.25, 0.3) is 0 Å². The smallest absolute Gasteiger partial charge is 0.224 e. The zero-order valence-electron chi connectivity index (χ0n) is 25.3. The molecule has 0 aliphatic rings. The van der Waals surface area contributed by atoms with E-state index in [4.69, 9.17) is 9.47 Å². The van der Waals surface area contributed by atoms with Gasteiger partial charge in [-0.1, -0.05) is 107 Å². The van der Waals surface area contributed by atoms with Crippen molar-refractivity contribution < 1.29 is 35.8 Å². The molecular weight excluding hydrogens is 596 g/mol. The summed E-state index contributed by atoms with van der Waals surface area (Å²) in [6, 6.07) is 14.2. The molecule has 41 heavy (non-hydrogen) atoms. The van der Waals surface area contributed by atoms with Crippen molar-refractivity contribution in [3.05, 3.63) is 70.7 Å². The molecule has 0 saturated heterocycles. The normalized spacial score (nSPS) is 10.7. The summed E-state index contributed by atoms with van der Waals surface area (Å²) in [5.74, 6) is 1.48. The standard InChI is InChI=1S/C34H49N2O3S.BrH/c1-4-5-6-7-8-9-10-11-12-13-14-15-23-39-34-25-31(18-21-33(34)38-3)27-36(29(2)37)32-19-16-30(17-20-32)26-35-22-24-40-28-35;/h16-22,24-25,28H,4-15,23,26-27H2,1-3H3;1H/q+1;/p-1. The Kier molecular flexibility index (Phi) is 17.4. The predicted molar refractivity (Wildman–Crippen MR) is 166 cm³/mol. The Morgan fingerprint density at radius 3 is 2.00 bits per heavy atom. The lowest BCUT2D eigenvalue weighted by molar-refractivity contribution is -0.683. The van der Waals surface area contributed by atoms with Crippen LogP contribution in [-0.4, -0.2) is 19.6 Å². The average molecular weight is 646 g/mol. The third-order valence-corrected chi connectivity index (χ3v) is 8.02. The summed E-state index contributed by atoms with van der Waals surface area (Å²) in [6.07, 6.45) is 18.0. The maximum atomic E-state index is 12.6. The van der Waals surface area contributed by atoms with Crippen molar-refractivity contribution in [3.63, 3.8) is 0 Å². The number of anilines is 1. The molecule has 0 aliphatic carbocycles. The van der Waals surface area contributed by atoms with E-state index < -0.39 is 0 Å². The van der Waals surface area contributed by atoms with Crippen molar-refractivity contribution in [2.75, 3.05) is 18.6 Å². The summed E-state index contributed by atoms with van der Waals surface area (Å²) in [7, 11) is 1.67. The average Bonchev–Trinajstić information content (AvgIpc) is 3.48. The van der Waals surface area contributed by atoms with Crippen molar-refractivity contribution in [1.29, 1.82) is 0 Å². The molecule has 0 radical (unpaired) electrons. The summed E-state index contributed by atoms with van der Waals surface area (Å²) in [6.45, 7) is 5.87. The number of rotatable bonds is 20. The quantitative estimate of drug-likeness (QED) is 0.117. The fourth-order valence-corrected chi connectivity index (χ4v) is 5.57. The predicted octanol–water partition coefficient (Wildman–Crippen LogP) is 5.73. The minimum atomic E-state index is 0. The Morgan fingerprint density at radius 1 is 0.829 bits per heavy atom. The third-order valence-electron chi connectivity index (χ3n) is 7.34. The van der Waals surface area contributed by atoms with Gasteiger partial charge in [0.2, 0.25) is 11.4 Å². The fourth-order valence-electron chi connectivity index (χ4n) is 4.97. The number of amides is 1. The molecule has 0 spiro atoms. The lowest BCUT2D eigenvalue weighted by atomic mass is 10.1. The first-order valence-corrected chi connectivity index (χ1v) is 16.1. The Bertz CT molecular complexity index is 1110. The molecule has 5 nitrogen and oxygen atoms in total. The molecule has 0 atom stereocenters. The second-order valence-electron chi connectivity index (χ2n) is 10.7. The van der Waals surface area contributed by atoms with Gasteiger partial charge in [-0.25, -0.2) is 0 Å². The Balaban J connectivity index is 0.00000588. The van der Waals surface area contributed by atoms with Gasteiger partial charge in [0.1, 0.15) is 0 Å². The van der Waals surface area contributed by atoms with E-state index in [-0.39, 0.29) is 22.9 Å². The number of hydrogen-bond acceptors (Lipinski definition) is 4. The second kappa shape index (κ2) is 20.5. The van der Waals surface area contributed by atoms with Crippen LogP contribution >= 0.6 is 11.3 Å². The molecule has 1 amide bonds. The topological polar surface area (TPSA) is 42.7 Å². The van der Waals surface area contributed by atoms with Gasteiger partial charge in [-0.2, -0.15) is 4.57 Å². The molecule has 0 aliphatic heterocycles. The molecule has 7 heteroatoms. The molecule has 0 fully saturated rings. The largest absolute Gasteiger partial charge is 1.00 e. The van der Waals surface area contributed by atoms with Crippen LogP contribution in [0.25, 0.3) is 0 Å². The number of benzene rings is 2.